The van der Waals surface area contributed by atoms with Gasteiger partial charge in [0.25, 0.3) is 5.91 Å². The largest absolute Gasteiger partial charge is 0.481 e. The average Bonchev–Trinajstić information content (AvgIpc) is 2.97. The molecule has 0 saturated carbocycles. The van der Waals surface area contributed by atoms with Gasteiger partial charge in [0.05, 0.1) is 0 Å². The third-order valence-corrected chi connectivity index (χ3v) is 2.90. The molecule has 2 rings (SSSR count). The molecule has 110 valence electrons. The Morgan fingerprint density at radius 1 is 1.19 bits per heavy atom. The topological polar surface area (TPSA) is 92.4 Å². The highest BCUT2D eigenvalue weighted by atomic mass is 16.5. The van der Waals surface area contributed by atoms with Crippen LogP contribution in [-0.4, -0.2) is 28.7 Å². The third kappa shape index (κ3) is 4.45. The van der Waals surface area contributed by atoms with Crippen molar-refractivity contribution in [3.63, 3.8) is 0 Å². The summed E-state index contributed by atoms with van der Waals surface area (Å²) in [6.07, 6.45) is 1.25. The van der Waals surface area contributed by atoms with Crippen LogP contribution >= 0.6 is 0 Å². The lowest BCUT2D eigenvalue weighted by atomic mass is 10.1. The Bertz CT molecular complexity index is 607. The highest BCUT2D eigenvalue weighted by molar-refractivity contribution is 5.93. The second-order valence-electron chi connectivity index (χ2n) is 4.55. The fourth-order valence-corrected chi connectivity index (χ4v) is 1.81. The summed E-state index contributed by atoms with van der Waals surface area (Å²) in [6.45, 7) is 0.416. The first kappa shape index (κ1) is 14.8. The Kier molecular flexibility index (Phi) is 5.09. The van der Waals surface area contributed by atoms with Gasteiger partial charge >= 0.3 is 5.97 Å². The fraction of sp³-hybridized carbons (Fsp3) is 0.267. The van der Waals surface area contributed by atoms with Crippen LogP contribution in [0.2, 0.25) is 0 Å². The van der Waals surface area contributed by atoms with Gasteiger partial charge in [-0.2, -0.15) is 0 Å². The van der Waals surface area contributed by atoms with Crippen LogP contribution in [0.3, 0.4) is 0 Å². The van der Waals surface area contributed by atoms with Gasteiger partial charge in [0.1, 0.15) is 0 Å². The van der Waals surface area contributed by atoms with Gasteiger partial charge in [0, 0.05) is 24.6 Å². The maximum Gasteiger partial charge on any atom is 0.303 e. The predicted octanol–water partition coefficient (Wildman–Crippen LogP) is 2.33. The molecule has 1 aromatic heterocycles. The first-order valence-corrected chi connectivity index (χ1v) is 6.69. The summed E-state index contributed by atoms with van der Waals surface area (Å²) in [6, 6.07) is 11.0. The molecule has 0 aliphatic carbocycles. The van der Waals surface area contributed by atoms with Crippen molar-refractivity contribution in [2.75, 3.05) is 6.54 Å². The zero-order chi connectivity index (χ0) is 15.1. The number of carboxylic acid groups (broad SMARTS) is 1. The van der Waals surface area contributed by atoms with Crippen LogP contribution in [0.5, 0.6) is 0 Å². The van der Waals surface area contributed by atoms with Crippen LogP contribution in [0.25, 0.3) is 11.3 Å². The average molecular weight is 288 g/mol. The Balaban J connectivity index is 1.84. The summed E-state index contributed by atoms with van der Waals surface area (Å²) in [5, 5.41) is 14.9. The summed E-state index contributed by atoms with van der Waals surface area (Å²) in [5.74, 6) is -0.617. The van der Waals surface area contributed by atoms with Crippen molar-refractivity contribution in [3.8, 4) is 11.3 Å². The Morgan fingerprint density at radius 2 is 1.95 bits per heavy atom. The second kappa shape index (κ2) is 7.23. The van der Waals surface area contributed by atoms with E-state index in [9.17, 15) is 9.59 Å². The van der Waals surface area contributed by atoms with Gasteiger partial charge in [0.15, 0.2) is 11.5 Å². The van der Waals surface area contributed by atoms with Crippen molar-refractivity contribution < 1.29 is 19.2 Å². The smallest absolute Gasteiger partial charge is 0.303 e. The first-order valence-electron chi connectivity index (χ1n) is 6.69. The van der Waals surface area contributed by atoms with E-state index in [-0.39, 0.29) is 18.0 Å². The van der Waals surface area contributed by atoms with E-state index >= 15 is 0 Å². The Hall–Kier alpha value is -2.63. The fourth-order valence-electron chi connectivity index (χ4n) is 1.81. The third-order valence-electron chi connectivity index (χ3n) is 2.90. The molecule has 0 spiro atoms. The minimum absolute atomic E-state index is 0.109. The van der Waals surface area contributed by atoms with E-state index in [0.29, 0.717) is 25.1 Å². The Morgan fingerprint density at radius 3 is 2.67 bits per heavy atom. The summed E-state index contributed by atoms with van der Waals surface area (Å²) in [4.78, 5) is 22.2. The van der Waals surface area contributed by atoms with Gasteiger partial charge in [-0.05, 0) is 12.8 Å². The van der Waals surface area contributed by atoms with Gasteiger partial charge in [-0.1, -0.05) is 35.5 Å². The molecule has 0 fully saturated rings. The van der Waals surface area contributed by atoms with Gasteiger partial charge < -0.3 is 14.9 Å². The van der Waals surface area contributed by atoms with Crippen molar-refractivity contribution in [2.45, 2.75) is 19.3 Å². The zero-order valence-electron chi connectivity index (χ0n) is 11.4. The highest BCUT2D eigenvalue weighted by Gasteiger charge is 2.12. The molecular weight excluding hydrogens is 272 g/mol. The molecule has 21 heavy (non-hydrogen) atoms. The van der Waals surface area contributed by atoms with Crippen LogP contribution in [-0.2, 0) is 4.79 Å². The number of unbranched alkanes of at least 4 members (excludes halogenated alkanes) is 1. The number of hydrogen-bond acceptors (Lipinski definition) is 4. The van der Waals surface area contributed by atoms with Crippen LogP contribution in [0.1, 0.15) is 29.8 Å². The van der Waals surface area contributed by atoms with E-state index in [0.717, 1.165) is 5.56 Å². The van der Waals surface area contributed by atoms with E-state index < -0.39 is 5.97 Å². The van der Waals surface area contributed by atoms with Crippen LogP contribution in [0.15, 0.2) is 40.9 Å². The molecule has 0 saturated heterocycles. The molecule has 1 aromatic carbocycles. The van der Waals surface area contributed by atoms with Crippen molar-refractivity contribution >= 4 is 11.9 Å². The number of carbonyl (C=O) groups is 2. The molecule has 0 radical (unpaired) electrons. The van der Waals surface area contributed by atoms with Crippen molar-refractivity contribution in [1.82, 2.24) is 10.5 Å². The van der Waals surface area contributed by atoms with Gasteiger partial charge in [-0.3, -0.25) is 9.59 Å². The van der Waals surface area contributed by atoms with Crippen LogP contribution < -0.4 is 5.32 Å². The number of amides is 1. The molecule has 0 bridgehead atoms. The number of aromatic nitrogens is 1. The van der Waals surface area contributed by atoms with Crippen LogP contribution in [0, 0.1) is 0 Å². The molecule has 6 heteroatoms. The second-order valence-corrected chi connectivity index (χ2v) is 4.55. The van der Waals surface area contributed by atoms with Crippen molar-refractivity contribution in [3.05, 3.63) is 42.1 Å². The van der Waals surface area contributed by atoms with Gasteiger partial charge in [0.2, 0.25) is 0 Å². The molecule has 2 N–H and O–H groups in total. The molecule has 0 unspecified atom stereocenters. The summed E-state index contributed by atoms with van der Waals surface area (Å²) in [7, 11) is 0. The minimum Gasteiger partial charge on any atom is -0.481 e. The standard InChI is InChI=1S/C15H16N2O4/c18-14(19)8-4-5-9-16-15(20)12-10-13(21-17-12)11-6-2-1-3-7-11/h1-3,6-7,10H,4-5,8-9H2,(H,16,20)(H,18,19). The molecule has 0 atom stereocenters. The number of nitrogens with one attached hydrogen (secondary N) is 1. The lowest BCUT2D eigenvalue weighted by molar-refractivity contribution is -0.137. The summed E-state index contributed by atoms with van der Waals surface area (Å²) >= 11 is 0. The molecule has 0 aliphatic rings. The SMILES string of the molecule is O=C(O)CCCCNC(=O)c1cc(-c2ccccc2)on1. The van der Waals surface area contributed by atoms with E-state index in [1.807, 2.05) is 30.3 Å². The molecule has 1 amide bonds. The summed E-state index contributed by atoms with van der Waals surface area (Å²) < 4.78 is 5.14. The highest BCUT2D eigenvalue weighted by Crippen LogP contribution is 2.19. The van der Waals surface area contributed by atoms with E-state index in [4.69, 9.17) is 9.63 Å². The maximum absolute atomic E-state index is 11.8. The van der Waals surface area contributed by atoms with E-state index in [1.54, 1.807) is 6.07 Å². The normalized spacial score (nSPS) is 10.3. The number of rotatable bonds is 7. The van der Waals surface area contributed by atoms with E-state index in [1.165, 1.54) is 0 Å². The quantitative estimate of drug-likeness (QED) is 0.763. The number of aliphatic carboxylic acids is 1. The monoisotopic (exact) mass is 288 g/mol. The predicted molar refractivity (Wildman–Crippen MR) is 75.8 cm³/mol. The van der Waals surface area contributed by atoms with Crippen LogP contribution in [0.4, 0.5) is 0 Å². The number of carbonyl (C=O) groups excluding carboxylic acids is 1. The molecule has 6 nitrogen and oxygen atoms in total. The number of carboxylic acids is 1. The zero-order valence-corrected chi connectivity index (χ0v) is 11.4. The van der Waals surface area contributed by atoms with Crippen molar-refractivity contribution in [2.24, 2.45) is 0 Å². The van der Waals surface area contributed by atoms with Crippen molar-refractivity contribution in [1.29, 1.82) is 0 Å². The molecule has 0 aliphatic heterocycles. The van der Waals surface area contributed by atoms with Gasteiger partial charge in [-0.15, -0.1) is 0 Å². The molecule has 2 aromatic rings. The summed E-state index contributed by atoms with van der Waals surface area (Å²) in [5.41, 5.74) is 1.07. The maximum atomic E-state index is 11.8. The minimum atomic E-state index is -0.828. The number of hydrogen-bond donors (Lipinski definition) is 2. The first-order chi connectivity index (χ1) is 10.2. The number of benzene rings is 1. The van der Waals surface area contributed by atoms with Gasteiger partial charge in [-0.25, -0.2) is 0 Å². The Labute approximate surface area is 121 Å². The van der Waals surface area contributed by atoms with E-state index in [2.05, 4.69) is 10.5 Å². The molecule has 1 heterocycles. The lowest BCUT2D eigenvalue weighted by Crippen LogP contribution is -2.24. The molecular formula is C15H16N2O4. The lowest BCUT2D eigenvalue weighted by Gasteiger charge is -2.01. The number of nitrogens with zero attached hydrogens (tertiary/aromatic N) is 1.